The fourth-order valence-corrected chi connectivity index (χ4v) is 3.18. The summed E-state index contributed by atoms with van der Waals surface area (Å²) in [6.45, 7) is 0.536. The average molecular weight is 335 g/mol. The quantitative estimate of drug-likeness (QED) is 0.923. The number of rotatable bonds is 4. The van der Waals surface area contributed by atoms with Gasteiger partial charge >= 0.3 is 6.03 Å². The van der Waals surface area contributed by atoms with Crippen LogP contribution in [-0.4, -0.2) is 26.9 Å². The number of hydrogen-bond donors (Lipinski definition) is 1. The number of nitrogens with zero attached hydrogens (tertiary/aromatic N) is 4. The van der Waals surface area contributed by atoms with Crippen LogP contribution in [0.15, 0.2) is 42.9 Å². The van der Waals surface area contributed by atoms with Crippen molar-refractivity contribution in [3.8, 4) is 6.07 Å². The lowest BCUT2D eigenvalue weighted by molar-refractivity contribution is 0.162. The van der Waals surface area contributed by atoms with Crippen molar-refractivity contribution in [1.82, 2.24) is 14.9 Å². The van der Waals surface area contributed by atoms with Crippen molar-refractivity contribution in [3.05, 3.63) is 54.1 Å². The van der Waals surface area contributed by atoms with Crippen LogP contribution in [0.1, 0.15) is 43.4 Å². The summed E-state index contributed by atoms with van der Waals surface area (Å²) >= 11 is 0. The highest BCUT2D eigenvalue weighted by atomic mass is 16.2. The van der Waals surface area contributed by atoms with Gasteiger partial charge in [0.1, 0.15) is 11.8 Å². The molecule has 2 amide bonds. The lowest BCUT2D eigenvalue weighted by Crippen LogP contribution is -2.43. The first-order valence-corrected chi connectivity index (χ1v) is 8.59. The van der Waals surface area contributed by atoms with E-state index in [0.29, 0.717) is 17.9 Å². The number of nitrogens with one attached hydrogen (secondary N) is 1. The molecular weight excluding hydrogens is 314 g/mol. The number of urea groups is 1. The van der Waals surface area contributed by atoms with Crippen LogP contribution in [0.5, 0.6) is 0 Å². The third-order valence-electron chi connectivity index (χ3n) is 4.48. The molecule has 1 N–H and O–H groups in total. The van der Waals surface area contributed by atoms with Gasteiger partial charge in [-0.25, -0.2) is 9.78 Å². The molecule has 128 valence electrons. The molecule has 0 bridgehead atoms. The normalized spacial score (nSPS) is 14.5. The maximum absolute atomic E-state index is 12.9. The number of anilines is 1. The monoisotopic (exact) mass is 335 g/mol. The zero-order valence-corrected chi connectivity index (χ0v) is 14.1. The Labute approximate surface area is 147 Å². The predicted octanol–water partition coefficient (Wildman–Crippen LogP) is 3.72. The van der Waals surface area contributed by atoms with Crippen LogP contribution in [0.25, 0.3) is 0 Å². The van der Waals surface area contributed by atoms with Crippen LogP contribution >= 0.6 is 0 Å². The summed E-state index contributed by atoms with van der Waals surface area (Å²) in [4.78, 5) is 22.9. The molecule has 1 aliphatic rings. The first kappa shape index (κ1) is 16.9. The Hall–Kier alpha value is -2.94. The molecule has 0 aromatic carbocycles. The lowest BCUT2D eigenvalue weighted by atomic mass is 9.94. The lowest BCUT2D eigenvalue weighted by Gasteiger charge is -2.34. The topological polar surface area (TPSA) is 81.9 Å². The molecule has 0 spiro atoms. The summed E-state index contributed by atoms with van der Waals surface area (Å²) < 4.78 is 0. The van der Waals surface area contributed by atoms with Gasteiger partial charge in [-0.3, -0.25) is 4.98 Å². The van der Waals surface area contributed by atoms with Crippen LogP contribution < -0.4 is 5.32 Å². The number of aromatic nitrogens is 2. The van der Waals surface area contributed by atoms with E-state index in [-0.39, 0.29) is 12.1 Å². The molecule has 1 fully saturated rings. The van der Waals surface area contributed by atoms with Crippen molar-refractivity contribution in [1.29, 1.82) is 5.26 Å². The van der Waals surface area contributed by atoms with Crippen LogP contribution in [0.3, 0.4) is 0 Å². The van der Waals surface area contributed by atoms with Gasteiger partial charge in [-0.05, 0) is 36.6 Å². The summed E-state index contributed by atoms with van der Waals surface area (Å²) in [6.07, 6.45) is 10.6. The molecule has 0 radical (unpaired) electrons. The van der Waals surface area contributed by atoms with Gasteiger partial charge in [0.05, 0.1) is 11.9 Å². The van der Waals surface area contributed by atoms with Crippen molar-refractivity contribution >= 4 is 11.7 Å². The van der Waals surface area contributed by atoms with E-state index in [1.807, 2.05) is 23.1 Å². The van der Waals surface area contributed by atoms with Crippen LogP contribution in [0, 0.1) is 11.3 Å². The molecule has 0 aliphatic heterocycles. The van der Waals surface area contributed by atoms with Crippen molar-refractivity contribution in [2.75, 3.05) is 5.32 Å². The first-order chi connectivity index (χ1) is 12.3. The van der Waals surface area contributed by atoms with Gasteiger partial charge in [-0.15, -0.1) is 0 Å². The molecule has 1 aliphatic carbocycles. The minimum absolute atomic E-state index is 0.137. The molecule has 2 aromatic heterocycles. The molecule has 0 unspecified atom stereocenters. The van der Waals surface area contributed by atoms with Gasteiger partial charge < -0.3 is 10.2 Å². The van der Waals surface area contributed by atoms with Gasteiger partial charge in [-0.1, -0.05) is 25.3 Å². The smallest absolute Gasteiger partial charge is 0.317 e. The molecule has 0 saturated heterocycles. The number of amides is 2. The van der Waals surface area contributed by atoms with Crippen molar-refractivity contribution in [3.63, 3.8) is 0 Å². The highest BCUT2D eigenvalue weighted by Crippen LogP contribution is 2.25. The summed E-state index contributed by atoms with van der Waals surface area (Å²) in [6, 6.07) is 9.24. The maximum Gasteiger partial charge on any atom is 0.322 e. The Kier molecular flexibility index (Phi) is 5.57. The minimum atomic E-state index is -0.137. The van der Waals surface area contributed by atoms with Crippen molar-refractivity contribution in [2.24, 2.45) is 0 Å². The maximum atomic E-state index is 12.9. The van der Waals surface area contributed by atoms with Crippen molar-refractivity contribution in [2.45, 2.75) is 44.7 Å². The third-order valence-corrected chi connectivity index (χ3v) is 4.48. The Morgan fingerprint density at radius 3 is 2.72 bits per heavy atom. The molecule has 2 aromatic rings. The second-order valence-electron chi connectivity index (χ2n) is 6.26. The van der Waals surface area contributed by atoms with E-state index in [1.165, 1.54) is 12.6 Å². The zero-order valence-electron chi connectivity index (χ0n) is 14.1. The molecule has 0 atom stereocenters. The van der Waals surface area contributed by atoms with E-state index >= 15 is 0 Å². The van der Waals surface area contributed by atoms with Gasteiger partial charge in [-0.2, -0.15) is 5.26 Å². The molecule has 25 heavy (non-hydrogen) atoms. The Balaban J connectivity index is 1.74. The fraction of sp³-hybridized carbons (Fsp3) is 0.368. The number of pyridine rings is 2. The largest absolute Gasteiger partial charge is 0.322 e. The van der Waals surface area contributed by atoms with E-state index in [4.69, 9.17) is 5.26 Å². The van der Waals surface area contributed by atoms with Crippen LogP contribution in [0.2, 0.25) is 0 Å². The highest BCUT2D eigenvalue weighted by Gasteiger charge is 2.25. The predicted molar refractivity (Wildman–Crippen MR) is 94.6 cm³/mol. The van der Waals surface area contributed by atoms with Crippen LogP contribution in [0.4, 0.5) is 10.5 Å². The van der Waals surface area contributed by atoms with Gasteiger partial charge in [0, 0.05) is 25.0 Å². The molecule has 6 nitrogen and oxygen atoms in total. The molecule has 6 heteroatoms. The first-order valence-electron chi connectivity index (χ1n) is 8.59. The fourth-order valence-electron chi connectivity index (χ4n) is 3.18. The molecule has 1 saturated carbocycles. The van der Waals surface area contributed by atoms with E-state index in [0.717, 1.165) is 31.2 Å². The Bertz CT molecular complexity index is 733. The summed E-state index contributed by atoms with van der Waals surface area (Å²) in [5.74, 6) is 0. The summed E-state index contributed by atoms with van der Waals surface area (Å²) in [5, 5.41) is 11.7. The number of carbonyl (C=O) groups excluding carboxylic acids is 1. The van der Waals surface area contributed by atoms with Crippen LogP contribution in [-0.2, 0) is 6.54 Å². The Morgan fingerprint density at radius 2 is 2.08 bits per heavy atom. The summed E-state index contributed by atoms with van der Waals surface area (Å²) in [5.41, 5.74) is 1.94. The van der Waals surface area contributed by atoms with E-state index in [9.17, 15) is 4.79 Å². The molecule has 2 heterocycles. The number of hydrogen-bond acceptors (Lipinski definition) is 4. The second kappa shape index (κ2) is 8.25. The van der Waals surface area contributed by atoms with Crippen molar-refractivity contribution < 1.29 is 4.79 Å². The van der Waals surface area contributed by atoms with E-state index in [1.54, 1.807) is 24.5 Å². The zero-order chi connectivity index (χ0) is 17.5. The van der Waals surface area contributed by atoms with E-state index < -0.39 is 0 Å². The third kappa shape index (κ3) is 4.54. The van der Waals surface area contributed by atoms with Gasteiger partial charge in [0.25, 0.3) is 0 Å². The highest BCUT2D eigenvalue weighted by molar-refractivity contribution is 5.89. The minimum Gasteiger partial charge on any atom is -0.317 e. The number of nitriles is 1. The van der Waals surface area contributed by atoms with Gasteiger partial charge in [0.15, 0.2) is 0 Å². The molecule has 3 rings (SSSR count). The number of carbonyl (C=O) groups is 1. The average Bonchev–Trinajstić information content (AvgIpc) is 2.68. The second-order valence-corrected chi connectivity index (χ2v) is 6.26. The standard InChI is InChI=1S/C19H21N5O/c20-11-16-8-9-17(13-22-16)23-19(25)24(18-6-2-1-3-7-18)14-15-5-4-10-21-12-15/h4-5,8-10,12-13,18H,1-3,6-7,14H2,(H,23,25). The Morgan fingerprint density at radius 1 is 1.24 bits per heavy atom. The SMILES string of the molecule is N#Cc1ccc(NC(=O)N(Cc2cccnc2)C2CCCCC2)cn1. The van der Waals surface area contributed by atoms with Gasteiger partial charge in [0.2, 0.25) is 0 Å². The summed E-state index contributed by atoms with van der Waals surface area (Å²) in [7, 11) is 0. The van der Waals surface area contributed by atoms with E-state index in [2.05, 4.69) is 15.3 Å². The molecular formula is C19H21N5O.